The van der Waals surface area contributed by atoms with Crippen LogP contribution in [0.5, 0.6) is 0 Å². The van der Waals surface area contributed by atoms with Gasteiger partial charge in [-0.25, -0.2) is 18.6 Å². The van der Waals surface area contributed by atoms with E-state index in [1.807, 2.05) is 0 Å². The first kappa shape index (κ1) is 32.0. The normalized spacial score (nSPS) is 13.1. The summed E-state index contributed by atoms with van der Waals surface area (Å²) in [6.45, 7) is 0. The molecule has 7 heteroatoms. The number of hydrogen-bond acceptors (Lipinski definition) is 5. The molecule has 0 saturated carbocycles. The summed E-state index contributed by atoms with van der Waals surface area (Å²) in [6, 6.07) is 47.5. The second-order valence-corrected chi connectivity index (χ2v) is 13.1. The van der Waals surface area contributed by atoms with E-state index < -0.39 is 10.2 Å². The third kappa shape index (κ3) is 9.32. The van der Waals surface area contributed by atoms with Crippen LogP contribution in [-0.2, 0) is 0 Å². The summed E-state index contributed by atoms with van der Waals surface area (Å²) < 4.78 is 36.8. The molecule has 0 radical (unpaired) electrons. The summed E-state index contributed by atoms with van der Waals surface area (Å²) >= 11 is 0.243. The fraction of sp³-hybridized carbons (Fsp3) is 0.0263. The van der Waals surface area contributed by atoms with Crippen molar-refractivity contribution in [3.63, 3.8) is 0 Å². The minimum Gasteiger partial charge on any atom is -0.222 e. The minimum atomic E-state index is -4.94. The molecular weight excluding hydrogens is 649 g/mol. The van der Waals surface area contributed by atoms with Gasteiger partial charge in [-0.05, 0) is 0 Å². The van der Waals surface area contributed by atoms with Gasteiger partial charge >= 0.3 is 232 Å². The van der Waals surface area contributed by atoms with Crippen molar-refractivity contribution < 1.29 is 28.9 Å². The van der Waals surface area contributed by atoms with Crippen molar-refractivity contribution in [3.8, 4) is 20.0 Å². The van der Waals surface area contributed by atoms with E-state index in [0.29, 0.717) is 0 Å². The van der Waals surface area contributed by atoms with Gasteiger partial charge in [0.15, 0.2) is 0 Å². The van der Waals surface area contributed by atoms with Crippen LogP contribution in [0.15, 0.2) is 163 Å². The van der Waals surface area contributed by atoms with E-state index >= 15 is 0 Å². The van der Waals surface area contributed by atoms with E-state index in [0.717, 1.165) is 0 Å². The first-order valence-corrected chi connectivity index (χ1v) is 17.1. The Labute approximate surface area is 271 Å². The molecule has 2 heterocycles. The fourth-order valence-corrected chi connectivity index (χ4v) is 7.31. The third-order valence-corrected chi connectivity index (χ3v) is 9.38. The van der Waals surface area contributed by atoms with Crippen molar-refractivity contribution in [2.24, 2.45) is 0 Å². The molecule has 45 heavy (non-hydrogen) atoms. The molecule has 5 nitrogen and oxygen atoms in total. The Hall–Kier alpha value is -4.36. The Kier molecular flexibility index (Phi) is 10.7. The van der Waals surface area contributed by atoms with Crippen molar-refractivity contribution in [3.05, 3.63) is 180 Å². The summed E-state index contributed by atoms with van der Waals surface area (Å²) in [5.74, 6) is 0. The van der Waals surface area contributed by atoms with Crippen LogP contribution >= 0.6 is 0 Å². The third-order valence-electron chi connectivity index (χ3n) is 6.98. The molecule has 4 aromatic carbocycles. The standard InChI is InChI=1S/C38H30NSe.ClHO4/c1-39-35(31-17-6-2-7-18-31)25-29(26-36(39)32-19-8-3-9-20-32)15-14-16-30-27-37(33-21-10-4-11-22-33)40-38(28-30)34-23-12-5-13-24-34;2-1(3,4)5/h2-28H,1H3;(H,2,3,4,5)/q+1;/p-1/b16-14+;. The van der Waals surface area contributed by atoms with Crippen molar-refractivity contribution >= 4 is 32.0 Å². The van der Waals surface area contributed by atoms with Gasteiger partial charge in [0.1, 0.15) is 0 Å². The second-order valence-electron chi connectivity index (χ2n) is 10.1. The van der Waals surface area contributed by atoms with Gasteiger partial charge in [-0.3, -0.25) is 0 Å². The Morgan fingerprint density at radius 2 is 0.911 bits per heavy atom. The molecule has 0 saturated heterocycles. The van der Waals surface area contributed by atoms with Crippen LogP contribution in [0.4, 0.5) is 0 Å². The smallest absolute Gasteiger partial charge is 0.112 e. The molecule has 6 rings (SSSR count). The van der Waals surface area contributed by atoms with E-state index in [1.165, 1.54) is 53.7 Å². The Morgan fingerprint density at radius 1 is 0.556 bits per heavy atom. The van der Waals surface area contributed by atoms with E-state index in [-0.39, 0.29) is 14.5 Å². The number of halogens is 1. The summed E-state index contributed by atoms with van der Waals surface area (Å²) in [6.07, 6.45) is 11.2. The van der Waals surface area contributed by atoms with E-state index in [2.05, 4.69) is 176 Å². The molecule has 0 fully saturated rings. The molecule has 0 unspecified atom stereocenters. The van der Waals surface area contributed by atoms with Crippen molar-refractivity contribution in [2.45, 2.75) is 0 Å². The molecule has 5 aromatic rings. The summed E-state index contributed by atoms with van der Waals surface area (Å²) in [5.41, 5.74) is 9.78. The van der Waals surface area contributed by atoms with E-state index in [1.54, 1.807) is 0 Å². The molecule has 0 aliphatic carbocycles. The number of allylic oxidation sites excluding steroid dienone is 5. The molecule has 224 valence electrons. The average molecular weight is 679 g/mol. The van der Waals surface area contributed by atoms with Crippen LogP contribution in [0.2, 0.25) is 0 Å². The summed E-state index contributed by atoms with van der Waals surface area (Å²) in [4.78, 5) is 2.29. The molecule has 1 aliphatic rings. The Balaban J connectivity index is 0.000000743. The zero-order valence-electron chi connectivity index (χ0n) is 24.5. The second kappa shape index (κ2) is 15.1. The molecule has 1 aromatic heterocycles. The zero-order chi connectivity index (χ0) is 31.6. The van der Waals surface area contributed by atoms with Gasteiger partial charge in [-0.1, -0.05) is 12.1 Å². The predicted octanol–water partition coefficient (Wildman–Crippen LogP) is 4.57. The zero-order valence-corrected chi connectivity index (χ0v) is 26.9. The average Bonchev–Trinajstić information content (AvgIpc) is 3.06. The van der Waals surface area contributed by atoms with Crippen LogP contribution in [0.25, 0.3) is 37.5 Å². The van der Waals surface area contributed by atoms with Crippen LogP contribution < -0.4 is 18.6 Å². The largest absolute Gasteiger partial charge is 0.222 e. The number of rotatable bonds is 6. The molecular formula is C38H30ClNO4Se. The van der Waals surface area contributed by atoms with Gasteiger partial charge in [-0.2, -0.15) is 0 Å². The first-order valence-electron chi connectivity index (χ1n) is 14.1. The van der Waals surface area contributed by atoms with E-state index in [4.69, 9.17) is 18.6 Å². The predicted molar refractivity (Wildman–Crippen MR) is 172 cm³/mol. The Morgan fingerprint density at radius 3 is 1.29 bits per heavy atom. The monoisotopic (exact) mass is 679 g/mol. The van der Waals surface area contributed by atoms with Crippen molar-refractivity contribution in [1.29, 1.82) is 0 Å². The maximum absolute atomic E-state index is 8.49. The Bertz CT molecular complexity index is 1710. The summed E-state index contributed by atoms with van der Waals surface area (Å²) in [5, 5.41) is 0. The van der Waals surface area contributed by atoms with Crippen LogP contribution in [0, 0.1) is 10.2 Å². The quantitative estimate of drug-likeness (QED) is 0.246. The van der Waals surface area contributed by atoms with Crippen LogP contribution in [-0.4, -0.2) is 26.5 Å². The number of nitrogens with zero attached hydrogens (tertiary/aromatic N) is 1. The molecule has 0 amide bonds. The minimum absolute atomic E-state index is 0.243. The maximum atomic E-state index is 8.49. The molecule has 0 spiro atoms. The van der Waals surface area contributed by atoms with Crippen molar-refractivity contribution in [2.75, 3.05) is 7.05 Å². The molecule has 0 atom stereocenters. The van der Waals surface area contributed by atoms with Crippen LogP contribution in [0.3, 0.4) is 0 Å². The van der Waals surface area contributed by atoms with Gasteiger partial charge in [0.25, 0.3) is 0 Å². The molecule has 0 bridgehead atoms. The molecule has 0 N–H and O–H groups in total. The fourth-order valence-electron chi connectivity index (χ4n) is 4.93. The SMILES string of the molecule is CN1C(c2ccccc2)=CC(=C/C=C/c2cc(-c3ccccc3)[se+]c(-c3ccccc3)c2)C=C1c1ccccc1.[O-][Cl+3]([O-])([O-])[O-]. The maximum Gasteiger partial charge on any atom is -0.112 e. The van der Waals surface area contributed by atoms with Crippen molar-refractivity contribution in [1.82, 2.24) is 4.90 Å². The van der Waals surface area contributed by atoms with E-state index in [9.17, 15) is 0 Å². The van der Waals surface area contributed by atoms with Gasteiger partial charge in [0.05, 0.1) is 0 Å². The summed E-state index contributed by atoms with van der Waals surface area (Å²) in [7, 11) is -2.80. The van der Waals surface area contributed by atoms with Crippen LogP contribution in [0.1, 0.15) is 16.7 Å². The van der Waals surface area contributed by atoms with Gasteiger partial charge in [-0.15, -0.1) is 10.2 Å². The van der Waals surface area contributed by atoms with Gasteiger partial charge < -0.3 is 0 Å². The first-order chi connectivity index (χ1) is 21.7. The number of benzene rings is 4. The van der Waals surface area contributed by atoms with Gasteiger partial charge in [0, 0.05) is 0 Å². The van der Waals surface area contributed by atoms with Gasteiger partial charge in [0.2, 0.25) is 0 Å². The topological polar surface area (TPSA) is 95.5 Å². The number of hydrogen-bond donors (Lipinski definition) is 0. The molecule has 1 aliphatic heterocycles.